The third-order valence-corrected chi connectivity index (χ3v) is 7.43. The van der Waals surface area contributed by atoms with Gasteiger partial charge in [0.25, 0.3) is 5.91 Å². The van der Waals surface area contributed by atoms with Crippen molar-refractivity contribution in [2.24, 2.45) is 24.8 Å². The summed E-state index contributed by atoms with van der Waals surface area (Å²) in [7, 11) is 1.79. The number of carbonyl (C=O) groups is 1. The van der Waals surface area contributed by atoms with E-state index in [1.807, 2.05) is 0 Å². The Morgan fingerprint density at radius 1 is 1.08 bits per heavy atom. The van der Waals surface area contributed by atoms with Gasteiger partial charge in [0.05, 0.1) is 6.33 Å². The van der Waals surface area contributed by atoms with Crippen molar-refractivity contribution < 1.29 is 22.7 Å². The molecule has 9 heteroatoms. The van der Waals surface area contributed by atoms with Crippen LogP contribution in [0.15, 0.2) is 61.1 Å². The van der Waals surface area contributed by atoms with Gasteiger partial charge in [-0.1, -0.05) is 43.3 Å². The molecule has 1 aliphatic carbocycles. The molecule has 2 aliphatic rings. The van der Waals surface area contributed by atoms with Crippen LogP contribution >= 0.6 is 0 Å². The molecule has 2 fully saturated rings. The van der Waals surface area contributed by atoms with Crippen molar-refractivity contribution >= 4 is 5.91 Å². The minimum atomic E-state index is -4.77. The zero-order valence-electron chi connectivity index (χ0n) is 21.0. The Balaban J connectivity index is 1.24. The quantitative estimate of drug-likeness (QED) is 0.409. The molecule has 0 N–H and O–H groups in total. The van der Waals surface area contributed by atoms with E-state index in [4.69, 9.17) is 0 Å². The molecule has 6 nitrogen and oxygen atoms in total. The number of piperidine rings is 1. The van der Waals surface area contributed by atoms with Crippen LogP contribution in [0.4, 0.5) is 13.2 Å². The molecular weight excluding hydrogens is 481 g/mol. The van der Waals surface area contributed by atoms with Gasteiger partial charge in [0, 0.05) is 46.0 Å². The minimum Gasteiger partial charge on any atom is -0.406 e. The van der Waals surface area contributed by atoms with Crippen molar-refractivity contribution in [1.29, 1.82) is 0 Å². The molecule has 196 valence electrons. The highest BCUT2D eigenvalue weighted by Crippen LogP contribution is 2.52. The monoisotopic (exact) mass is 512 g/mol. The first kappa shape index (κ1) is 25.3. The average Bonchev–Trinajstić information content (AvgIpc) is 3.16. The third-order valence-electron chi connectivity index (χ3n) is 7.43. The van der Waals surface area contributed by atoms with Crippen molar-refractivity contribution in [3.05, 3.63) is 83.4 Å². The number of hydrogen-bond acceptors (Lipinski definition) is 4. The molecule has 0 radical (unpaired) electrons. The van der Waals surface area contributed by atoms with Crippen LogP contribution in [0.5, 0.6) is 5.75 Å². The van der Waals surface area contributed by atoms with Crippen LogP contribution < -0.4 is 4.74 Å². The van der Waals surface area contributed by atoms with E-state index in [-0.39, 0.29) is 18.2 Å². The van der Waals surface area contributed by atoms with Crippen LogP contribution in [0.1, 0.15) is 34.1 Å². The number of nitrogens with zero attached hydrogens (tertiary/aromatic N) is 4. The molecule has 0 spiro atoms. The van der Waals surface area contributed by atoms with Gasteiger partial charge in [-0.25, -0.2) is 4.98 Å². The summed E-state index contributed by atoms with van der Waals surface area (Å²) in [6.07, 6.45) is -0.502. The first-order chi connectivity index (χ1) is 17.7. The summed E-state index contributed by atoms with van der Waals surface area (Å²) in [6, 6.07) is 14.6. The lowest BCUT2D eigenvalue weighted by Gasteiger charge is -2.25. The lowest BCUT2D eigenvalue weighted by molar-refractivity contribution is -0.274. The predicted octanol–water partition coefficient (Wildman–Crippen LogP) is 4.90. The Bertz CT molecular complexity index is 1230. The van der Waals surface area contributed by atoms with E-state index >= 15 is 0 Å². The van der Waals surface area contributed by atoms with Crippen molar-refractivity contribution in [2.75, 3.05) is 19.6 Å². The molecule has 1 aliphatic heterocycles. The van der Waals surface area contributed by atoms with E-state index in [1.165, 1.54) is 29.3 Å². The van der Waals surface area contributed by atoms with E-state index < -0.39 is 6.36 Å². The fourth-order valence-electron chi connectivity index (χ4n) is 5.50. The maximum atomic E-state index is 13.3. The van der Waals surface area contributed by atoms with E-state index in [0.29, 0.717) is 35.6 Å². The van der Waals surface area contributed by atoms with Gasteiger partial charge in [-0.3, -0.25) is 9.69 Å². The van der Waals surface area contributed by atoms with Crippen LogP contribution in [0.25, 0.3) is 0 Å². The van der Waals surface area contributed by atoms with Gasteiger partial charge in [0.1, 0.15) is 11.4 Å². The van der Waals surface area contributed by atoms with Gasteiger partial charge in [-0.2, -0.15) is 0 Å². The number of likely N-dealkylation sites (tertiary alicyclic amines) is 1. The Morgan fingerprint density at radius 3 is 2.41 bits per heavy atom. The number of aryl methyl sites for hydroxylation is 2. The molecule has 1 aromatic heterocycles. The van der Waals surface area contributed by atoms with Crippen molar-refractivity contribution in [3.63, 3.8) is 0 Å². The van der Waals surface area contributed by atoms with Crippen LogP contribution in [0.3, 0.4) is 0 Å². The molecule has 37 heavy (non-hydrogen) atoms. The number of benzene rings is 2. The first-order valence-electron chi connectivity index (χ1n) is 12.6. The number of aromatic nitrogens is 2. The predicted molar refractivity (Wildman–Crippen MR) is 133 cm³/mol. The van der Waals surface area contributed by atoms with Crippen molar-refractivity contribution in [2.45, 2.75) is 32.8 Å². The van der Waals surface area contributed by atoms with Gasteiger partial charge in [-0.15, -0.1) is 13.2 Å². The minimum absolute atomic E-state index is 0.188. The highest BCUT2D eigenvalue weighted by Gasteiger charge is 2.55. The van der Waals surface area contributed by atoms with Gasteiger partial charge in [0.2, 0.25) is 0 Å². The van der Waals surface area contributed by atoms with Crippen LogP contribution in [0, 0.1) is 17.8 Å². The van der Waals surface area contributed by atoms with Gasteiger partial charge < -0.3 is 14.2 Å². The van der Waals surface area contributed by atoms with Crippen molar-refractivity contribution in [1.82, 2.24) is 19.4 Å². The van der Waals surface area contributed by atoms with Gasteiger partial charge in [0.15, 0.2) is 0 Å². The lowest BCUT2D eigenvalue weighted by atomic mass is 10.1. The highest BCUT2D eigenvalue weighted by molar-refractivity contribution is 5.92. The summed E-state index contributed by atoms with van der Waals surface area (Å²) < 4.78 is 43.9. The number of imidazole rings is 1. The maximum Gasteiger partial charge on any atom is 0.573 e. The number of ether oxygens (including phenoxy) is 1. The number of rotatable bonds is 9. The summed E-state index contributed by atoms with van der Waals surface area (Å²) in [6.45, 7) is 5.79. The van der Waals surface area contributed by atoms with Gasteiger partial charge >= 0.3 is 6.36 Å². The molecule has 3 aromatic rings. The van der Waals surface area contributed by atoms with Crippen molar-refractivity contribution in [3.8, 4) is 5.75 Å². The molecule has 2 atom stereocenters. The van der Waals surface area contributed by atoms with Gasteiger partial charge in [-0.05, 0) is 53.0 Å². The number of amides is 1. The Kier molecular flexibility index (Phi) is 6.98. The molecule has 1 saturated carbocycles. The molecule has 0 bridgehead atoms. The smallest absolute Gasteiger partial charge is 0.406 e. The molecule has 2 heterocycles. The number of alkyl halides is 3. The topological polar surface area (TPSA) is 50.6 Å². The highest BCUT2D eigenvalue weighted by atomic mass is 19.4. The second-order valence-electron chi connectivity index (χ2n) is 10.2. The van der Waals surface area contributed by atoms with E-state index in [2.05, 4.69) is 45.8 Å². The second-order valence-corrected chi connectivity index (χ2v) is 10.2. The third kappa shape index (κ3) is 6.15. The molecular formula is C28H31F3N4O2. The molecule has 2 unspecified atom stereocenters. The van der Waals surface area contributed by atoms with E-state index in [9.17, 15) is 18.0 Å². The van der Waals surface area contributed by atoms with E-state index in [0.717, 1.165) is 26.1 Å². The fourth-order valence-corrected chi connectivity index (χ4v) is 5.50. The summed E-state index contributed by atoms with van der Waals surface area (Å²) in [5, 5.41) is 0. The van der Waals surface area contributed by atoms with Crippen LogP contribution in [-0.4, -0.2) is 51.3 Å². The summed E-state index contributed by atoms with van der Waals surface area (Å²) >= 11 is 0. The standard InChI is InChI=1S/C28H31F3N4O2/c1-3-19-7-9-20(10-8-19)12-34-14-23-24(15-34)25(23)16-35(27(36)26-17-33(2)18-32-26)13-21-5-4-6-22(11-21)37-28(29,30)31/h4-11,17-18,23-25H,3,12-16H2,1-2H3. The molecule has 2 aromatic carbocycles. The fraction of sp³-hybridized carbons (Fsp3) is 0.429. The zero-order chi connectivity index (χ0) is 26.2. The SMILES string of the molecule is CCc1ccc(CN2CC3C(C2)C3CN(Cc2cccc(OC(F)(F)F)c2)C(=O)c2cn(C)cn2)cc1. The molecule has 1 saturated heterocycles. The number of halogens is 3. The normalized spacial score (nSPS) is 21.1. The summed E-state index contributed by atoms with van der Waals surface area (Å²) in [4.78, 5) is 21.7. The average molecular weight is 513 g/mol. The Morgan fingerprint density at radius 2 is 1.78 bits per heavy atom. The zero-order valence-corrected chi connectivity index (χ0v) is 21.0. The summed E-state index contributed by atoms with van der Waals surface area (Å²) in [5.74, 6) is 0.908. The second kappa shape index (κ2) is 10.2. The number of fused-ring (bicyclic) bond motifs is 1. The molecule has 5 rings (SSSR count). The van der Waals surface area contributed by atoms with Crippen LogP contribution in [0.2, 0.25) is 0 Å². The maximum absolute atomic E-state index is 13.3. The number of carbonyl (C=O) groups excluding carboxylic acids is 1. The Labute approximate surface area is 214 Å². The summed E-state index contributed by atoms with van der Waals surface area (Å²) in [5.41, 5.74) is 3.55. The lowest BCUT2D eigenvalue weighted by Crippen LogP contribution is -2.35. The molecule has 1 amide bonds. The Hall–Kier alpha value is -3.33. The van der Waals surface area contributed by atoms with E-state index in [1.54, 1.807) is 35.1 Å². The van der Waals surface area contributed by atoms with Crippen LogP contribution in [-0.2, 0) is 26.6 Å². The first-order valence-corrected chi connectivity index (χ1v) is 12.6. The largest absolute Gasteiger partial charge is 0.573 e. The number of hydrogen-bond donors (Lipinski definition) is 0.